The van der Waals surface area contributed by atoms with Crippen molar-refractivity contribution < 1.29 is 4.79 Å². The Balaban J connectivity index is 0. The predicted octanol–water partition coefficient (Wildman–Crippen LogP) is 3.17. The number of hydrogen-bond donors (Lipinski definition) is 0. The zero-order valence-corrected chi connectivity index (χ0v) is 10.9. The molecule has 0 atom stereocenters. The number of amides is 1. The minimum atomic E-state index is 0.213. The van der Waals surface area contributed by atoms with E-state index >= 15 is 0 Å². The summed E-state index contributed by atoms with van der Waals surface area (Å²) < 4.78 is 0. The van der Waals surface area contributed by atoms with Crippen LogP contribution in [0.3, 0.4) is 0 Å². The van der Waals surface area contributed by atoms with Crippen molar-refractivity contribution in [2.24, 2.45) is 11.8 Å². The molecule has 0 aromatic heterocycles. The first-order valence-corrected chi connectivity index (χ1v) is 5.51. The van der Waals surface area contributed by atoms with E-state index in [0.717, 1.165) is 5.92 Å². The molecule has 0 spiro atoms. The minimum absolute atomic E-state index is 0.213. The highest BCUT2D eigenvalue weighted by Gasteiger charge is 2.04. The van der Waals surface area contributed by atoms with Crippen LogP contribution in [0, 0.1) is 11.8 Å². The van der Waals surface area contributed by atoms with E-state index < -0.39 is 0 Å². The van der Waals surface area contributed by atoms with Gasteiger partial charge < -0.3 is 4.90 Å². The molecule has 0 saturated carbocycles. The predicted molar refractivity (Wildman–Crippen MR) is 63.3 cm³/mol. The molecule has 0 radical (unpaired) electrons. The number of rotatable bonds is 3. The monoisotopic (exact) mass is 201 g/mol. The first kappa shape index (κ1) is 15.9. The second-order valence-corrected chi connectivity index (χ2v) is 4.69. The molecule has 0 rings (SSSR count). The maximum absolute atomic E-state index is 10.9. The van der Waals surface area contributed by atoms with Crippen molar-refractivity contribution in [1.29, 1.82) is 0 Å². The van der Waals surface area contributed by atoms with Gasteiger partial charge in [0.1, 0.15) is 0 Å². The Labute approximate surface area is 89.7 Å². The van der Waals surface area contributed by atoms with Crippen LogP contribution in [0.5, 0.6) is 0 Å². The Morgan fingerprint density at radius 1 is 1.07 bits per heavy atom. The normalized spacial score (nSPS) is 9.79. The molecule has 2 heteroatoms. The molecular formula is C12H27NO. The minimum Gasteiger partial charge on any atom is -0.349 e. The van der Waals surface area contributed by atoms with E-state index in [1.807, 2.05) is 13.8 Å². The van der Waals surface area contributed by atoms with Crippen molar-refractivity contribution in [2.75, 3.05) is 14.1 Å². The van der Waals surface area contributed by atoms with E-state index in [4.69, 9.17) is 0 Å². The molecule has 0 bridgehead atoms. The van der Waals surface area contributed by atoms with Crippen LogP contribution >= 0.6 is 0 Å². The van der Waals surface area contributed by atoms with Gasteiger partial charge in [0.05, 0.1) is 0 Å². The SMILES string of the molecule is CC(C)CC(=O)N(C)C.CCC(C)C. The van der Waals surface area contributed by atoms with Crippen LogP contribution < -0.4 is 0 Å². The Morgan fingerprint density at radius 3 is 1.50 bits per heavy atom. The molecule has 2 nitrogen and oxygen atoms in total. The quantitative estimate of drug-likeness (QED) is 0.687. The summed E-state index contributed by atoms with van der Waals surface area (Å²) in [7, 11) is 3.56. The number of nitrogens with zero attached hydrogens (tertiary/aromatic N) is 1. The van der Waals surface area contributed by atoms with Gasteiger partial charge in [0.25, 0.3) is 0 Å². The van der Waals surface area contributed by atoms with Crippen molar-refractivity contribution in [3.8, 4) is 0 Å². The summed E-state index contributed by atoms with van der Waals surface area (Å²) in [6.07, 6.45) is 1.97. The molecule has 14 heavy (non-hydrogen) atoms. The Hall–Kier alpha value is -0.530. The van der Waals surface area contributed by atoms with Gasteiger partial charge in [-0.2, -0.15) is 0 Å². The lowest BCUT2D eigenvalue weighted by Gasteiger charge is -2.10. The summed E-state index contributed by atoms with van der Waals surface area (Å²) in [5.74, 6) is 1.57. The van der Waals surface area contributed by atoms with Gasteiger partial charge in [-0.3, -0.25) is 4.79 Å². The van der Waals surface area contributed by atoms with Crippen molar-refractivity contribution in [1.82, 2.24) is 4.90 Å². The Kier molecular flexibility index (Phi) is 10.3. The summed E-state index contributed by atoms with van der Waals surface area (Å²) in [6, 6.07) is 0. The molecule has 0 aliphatic carbocycles. The Morgan fingerprint density at radius 2 is 1.43 bits per heavy atom. The second-order valence-electron chi connectivity index (χ2n) is 4.69. The maximum atomic E-state index is 10.9. The first-order valence-electron chi connectivity index (χ1n) is 5.51. The first-order chi connectivity index (χ1) is 6.31. The van der Waals surface area contributed by atoms with Crippen LogP contribution in [0.1, 0.15) is 47.5 Å². The number of hydrogen-bond acceptors (Lipinski definition) is 1. The van der Waals surface area contributed by atoms with E-state index in [0.29, 0.717) is 12.3 Å². The molecule has 0 aliphatic rings. The van der Waals surface area contributed by atoms with Gasteiger partial charge >= 0.3 is 0 Å². The van der Waals surface area contributed by atoms with Gasteiger partial charge in [-0.25, -0.2) is 0 Å². The zero-order chi connectivity index (χ0) is 11.7. The van der Waals surface area contributed by atoms with Crippen molar-refractivity contribution in [3.05, 3.63) is 0 Å². The highest BCUT2D eigenvalue weighted by atomic mass is 16.2. The Bertz CT molecular complexity index is 139. The van der Waals surface area contributed by atoms with E-state index in [1.54, 1.807) is 19.0 Å². The van der Waals surface area contributed by atoms with Crippen molar-refractivity contribution in [2.45, 2.75) is 47.5 Å². The molecular weight excluding hydrogens is 174 g/mol. The van der Waals surface area contributed by atoms with Gasteiger partial charge in [0.15, 0.2) is 0 Å². The fourth-order valence-electron chi connectivity index (χ4n) is 0.532. The third-order valence-electron chi connectivity index (χ3n) is 1.90. The van der Waals surface area contributed by atoms with E-state index in [2.05, 4.69) is 20.8 Å². The molecule has 0 fully saturated rings. The van der Waals surface area contributed by atoms with Crippen LogP contribution in [-0.2, 0) is 4.79 Å². The smallest absolute Gasteiger partial charge is 0.222 e. The lowest BCUT2D eigenvalue weighted by molar-refractivity contribution is -0.129. The average Bonchev–Trinajstić information content (AvgIpc) is 2.04. The molecule has 86 valence electrons. The fourth-order valence-corrected chi connectivity index (χ4v) is 0.532. The summed E-state index contributed by atoms with van der Waals surface area (Å²) in [5, 5.41) is 0. The third-order valence-corrected chi connectivity index (χ3v) is 1.90. The third kappa shape index (κ3) is 14.0. The van der Waals surface area contributed by atoms with Crippen LogP contribution in [0.25, 0.3) is 0 Å². The van der Waals surface area contributed by atoms with Crippen LogP contribution in [-0.4, -0.2) is 24.9 Å². The highest BCUT2D eigenvalue weighted by molar-refractivity contribution is 5.75. The largest absolute Gasteiger partial charge is 0.349 e. The molecule has 0 aliphatic heterocycles. The van der Waals surface area contributed by atoms with Crippen LogP contribution in [0.4, 0.5) is 0 Å². The van der Waals surface area contributed by atoms with Gasteiger partial charge in [0.2, 0.25) is 5.91 Å². The molecule has 0 N–H and O–H groups in total. The van der Waals surface area contributed by atoms with Gasteiger partial charge in [-0.05, 0) is 11.8 Å². The summed E-state index contributed by atoms with van der Waals surface area (Å²) in [4.78, 5) is 12.5. The van der Waals surface area contributed by atoms with Gasteiger partial charge in [-0.1, -0.05) is 41.0 Å². The molecule has 0 heterocycles. The van der Waals surface area contributed by atoms with Gasteiger partial charge in [0, 0.05) is 20.5 Å². The van der Waals surface area contributed by atoms with Crippen LogP contribution in [0.2, 0.25) is 0 Å². The van der Waals surface area contributed by atoms with E-state index in [1.165, 1.54) is 6.42 Å². The van der Waals surface area contributed by atoms with E-state index in [9.17, 15) is 4.79 Å². The van der Waals surface area contributed by atoms with E-state index in [-0.39, 0.29) is 5.91 Å². The molecule has 0 saturated heterocycles. The topological polar surface area (TPSA) is 20.3 Å². The summed E-state index contributed by atoms with van der Waals surface area (Å²) >= 11 is 0. The fraction of sp³-hybridized carbons (Fsp3) is 0.917. The summed E-state index contributed by atoms with van der Waals surface area (Å²) in [5.41, 5.74) is 0. The standard InChI is InChI=1S/C7H15NO.C5H12/c1-6(2)5-7(9)8(3)4;1-4-5(2)3/h6H,5H2,1-4H3;5H,4H2,1-3H3. The average molecular weight is 201 g/mol. The zero-order valence-electron chi connectivity index (χ0n) is 10.9. The number of carbonyl (C=O) groups is 1. The molecule has 0 aromatic rings. The van der Waals surface area contributed by atoms with Crippen LogP contribution in [0.15, 0.2) is 0 Å². The lowest BCUT2D eigenvalue weighted by atomic mass is 10.1. The number of carbonyl (C=O) groups excluding carboxylic acids is 1. The van der Waals surface area contributed by atoms with Crippen molar-refractivity contribution >= 4 is 5.91 Å². The maximum Gasteiger partial charge on any atom is 0.222 e. The van der Waals surface area contributed by atoms with Crippen molar-refractivity contribution in [3.63, 3.8) is 0 Å². The van der Waals surface area contributed by atoms with Gasteiger partial charge in [-0.15, -0.1) is 0 Å². The highest BCUT2D eigenvalue weighted by Crippen LogP contribution is 2.00. The molecule has 0 unspecified atom stereocenters. The second kappa shape index (κ2) is 9.04. The lowest BCUT2D eigenvalue weighted by Crippen LogP contribution is -2.22. The molecule has 1 amide bonds. The molecule has 0 aromatic carbocycles. The summed E-state index contributed by atoms with van der Waals surface area (Å²) in [6.45, 7) is 10.7.